The molecule has 0 aliphatic carbocycles. The lowest BCUT2D eigenvalue weighted by molar-refractivity contribution is 0.0256. The number of nitrogens with zero attached hydrogens (tertiary/aromatic N) is 2. The van der Waals surface area contributed by atoms with Gasteiger partial charge in [-0.05, 0) is 31.2 Å². The van der Waals surface area contributed by atoms with Crippen molar-refractivity contribution in [2.24, 2.45) is 0 Å². The van der Waals surface area contributed by atoms with Crippen molar-refractivity contribution in [3.63, 3.8) is 0 Å². The van der Waals surface area contributed by atoms with Gasteiger partial charge in [-0.15, -0.1) is 0 Å². The lowest BCUT2D eigenvalue weighted by Gasteiger charge is -2.23. The Morgan fingerprint density at radius 2 is 1.92 bits per heavy atom. The highest BCUT2D eigenvalue weighted by molar-refractivity contribution is 5.68. The van der Waals surface area contributed by atoms with Crippen LogP contribution in [-0.4, -0.2) is 49.6 Å². The molecule has 0 saturated carbocycles. The van der Waals surface area contributed by atoms with Crippen LogP contribution in [0.2, 0.25) is 0 Å². The van der Waals surface area contributed by atoms with Crippen molar-refractivity contribution < 1.29 is 23.5 Å². The van der Waals surface area contributed by atoms with Gasteiger partial charge in [0.25, 0.3) is 0 Å². The summed E-state index contributed by atoms with van der Waals surface area (Å²) in [5.41, 5.74) is 2.33. The second-order valence-electron chi connectivity index (χ2n) is 6.48. The molecule has 1 aliphatic rings. The van der Waals surface area contributed by atoms with Gasteiger partial charge in [0.15, 0.2) is 5.76 Å². The molecule has 26 heavy (non-hydrogen) atoms. The molecule has 140 valence electrons. The van der Waals surface area contributed by atoms with Gasteiger partial charge >= 0.3 is 6.09 Å². The van der Waals surface area contributed by atoms with Crippen molar-refractivity contribution >= 4 is 6.09 Å². The molecule has 7 nitrogen and oxygen atoms in total. The van der Waals surface area contributed by atoms with Gasteiger partial charge in [0.2, 0.25) is 0 Å². The summed E-state index contributed by atoms with van der Waals surface area (Å²) in [7, 11) is 3.28. The Morgan fingerprint density at radius 3 is 2.58 bits per heavy atom. The summed E-state index contributed by atoms with van der Waals surface area (Å²) >= 11 is 0. The fourth-order valence-corrected chi connectivity index (χ4v) is 2.72. The number of aromatic nitrogens is 1. The summed E-state index contributed by atoms with van der Waals surface area (Å²) in [6.07, 6.45) is 1.61. The van der Waals surface area contributed by atoms with Crippen LogP contribution in [0.1, 0.15) is 24.1 Å². The summed E-state index contributed by atoms with van der Waals surface area (Å²) in [6, 6.07) is 7.67. The normalized spacial score (nSPS) is 14.9. The van der Waals surface area contributed by atoms with Gasteiger partial charge < -0.3 is 23.6 Å². The molecule has 1 aromatic heterocycles. The number of amides is 1. The van der Waals surface area contributed by atoms with Gasteiger partial charge in [0.1, 0.15) is 18.5 Å². The first-order valence-corrected chi connectivity index (χ1v) is 8.68. The molecule has 0 bridgehead atoms. The van der Waals surface area contributed by atoms with Crippen LogP contribution in [0.15, 0.2) is 28.8 Å². The monoisotopic (exact) mass is 360 g/mol. The first-order chi connectivity index (χ1) is 12.5. The Morgan fingerprint density at radius 1 is 1.23 bits per heavy atom. The maximum atomic E-state index is 11.7. The first-order valence-electron chi connectivity index (χ1n) is 8.68. The molecule has 1 aliphatic heterocycles. The molecular formula is C19H24N2O5. The summed E-state index contributed by atoms with van der Waals surface area (Å²) in [6.45, 7) is 3.43. The van der Waals surface area contributed by atoms with Crippen LogP contribution >= 0.6 is 0 Å². The van der Waals surface area contributed by atoms with Crippen LogP contribution in [0.3, 0.4) is 0 Å². The van der Waals surface area contributed by atoms with E-state index in [4.69, 9.17) is 18.7 Å². The highest BCUT2D eigenvalue weighted by Gasteiger charge is 2.18. The van der Waals surface area contributed by atoms with Crippen LogP contribution in [0, 0.1) is 6.92 Å². The van der Waals surface area contributed by atoms with Crippen molar-refractivity contribution in [2.45, 2.75) is 32.5 Å². The third kappa shape index (κ3) is 4.35. The van der Waals surface area contributed by atoms with E-state index in [1.54, 1.807) is 14.1 Å². The van der Waals surface area contributed by atoms with Gasteiger partial charge in [0.05, 0.1) is 24.5 Å². The minimum absolute atomic E-state index is 0.113. The largest absolute Gasteiger partial charge is 0.490 e. The minimum Gasteiger partial charge on any atom is -0.490 e. The Kier molecular flexibility index (Phi) is 5.78. The third-order valence-corrected chi connectivity index (χ3v) is 4.28. The summed E-state index contributed by atoms with van der Waals surface area (Å²) in [5, 5.41) is 4.01. The number of benzene rings is 1. The summed E-state index contributed by atoms with van der Waals surface area (Å²) in [4.78, 5) is 13.0. The molecular weight excluding hydrogens is 336 g/mol. The fourth-order valence-electron chi connectivity index (χ4n) is 2.72. The number of rotatable bonds is 5. The van der Waals surface area contributed by atoms with Gasteiger partial charge in [-0.25, -0.2) is 4.79 Å². The average molecular weight is 360 g/mol. The van der Waals surface area contributed by atoms with Crippen LogP contribution in [0.5, 0.6) is 5.75 Å². The van der Waals surface area contributed by atoms with E-state index in [2.05, 4.69) is 5.16 Å². The predicted octanol–water partition coefficient (Wildman–Crippen LogP) is 3.41. The highest BCUT2D eigenvalue weighted by atomic mass is 16.6. The maximum absolute atomic E-state index is 11.7. The molecule has 1 amide bonds. The molecule has 0 radical (unpaired) electrons. The second kappa shape index (κ2) is 8.23. The van der Waals surface area contributed by atoms with E-state index in [0.29, 0.717) is 11.5 Å². The zero-order valence-corrected chi connectivity index (χ0v) is 15.4. The third-order valence-electron chi connectivity index (χ3n) is 4.28. The summed E-state index contributed by atoms with van der Waals surface area (Å²) in [5.74, 6) is 1.42. The topological polar surface area (TPSA) is 74.0 Å². The number of hydrogen-bond acceptors (Lipinski definition) is 6. The minimum atomic E-state index is -0.406. The molecule has 0 atom stereocenters. The van der Waals surface area contributed by atoms with Crippen LogP contribution in [0.25, 0.3) is 11.3 Å². The lowest BCUT2D eigenvalue weighted by Crippen LogP contribution is -2.25. The quantitative estimate of drug-likeness (QED) is 0.813. The van der Waals surface area contributed by atoms with E-state index in [0.717, 1.165) is 42.9 Å². The Labute approximate surface area is 152 Å². The van der Waals surface area contributed by atoms with Gasteiger partial charge in [-0.1, -0.05) is 5.16 Å². The molecule has 7 heteroatoms. The summed E-state index contributed by atoms with van der Waals surface area (Å²) < 4.78 is 22.0. The molecule has 0 spiro atoms. The van der Waals surface area contributed by atoms with E-state index >= 15 is 0 Å². The van der Waals surface area contributed by atoms with Crippen molar-refractivity contribution in [1.29, 1.82) is 0 Å². The number of hydrogen-bond donors (Lipinski definition) is 0. The number of ether oxygens (including phenoxy) is 3. The Hall–Kier alpha value is -2.54. The fraction of sp³-hybridized carbons (Fsp3) is 0.474. The lowest BCUT2D eigenvalue weighted by atomic mass is 10.1. The molecule has 3 rings (SSSR count). The molecule has 1 saturated heterocycles. The molecule has 1 fully saturated rings. The molecule has 0 unspecified atom stereocenters. The van der Waals surface area contributed by atoms with Crippen molar-refractivity contribution in [3.05, 3.63) is 35.5 Å². The SMILES string of the molecule is Cc1noc(-c2ccc(OC3CCOCC3)cc2)c1COC(=O)N(C)C. The second-order valence-corrected chi connectivity index (χ2v) is 6.48. The van der Waals surface area contributed by atoms with E-state index in [1.165, 1.54) is 4.90 Å². The van der Waals surface area contributed by atoms with E-state index in [1.807, 2.05) is 31.2 Å². The van der Waals surface area contributed by atoms with E-state index in [9.17, 15) is 4.79 Å². The zero-order chi connectivity index (χ0) is 18.5. The van der Waals surface area contributed by atoms with Crippen LogP contribution in [-0.2, 0) is 16.1 Å². The van der Waals surface area contributed by atoms with E-state index in [-0.39, 0.29) is 12.7 Å². The van der Waals surface area contributed by atoms with Crippen molar-refractivity contribution in [3.8, 4) is 17.1 Å². The Bertz CT molecular complexity index is 733. The Balaban J connectivity index is 1.69. The molecule has 0 N–H and O–H groups in total. The number of aryl methyl sites for hydroxylation is 1. The van der Waals surface area contributed by atoms with Crippen molar-refractivity contribution in [2.75, 3.05) is 27.3 Å². The van der Waals surface area contributed by atoms with Gasteiger partial charge in [0, 0.05) is 32.5 Å². The molecule has 1 aromatic carbocycles. The van der Waals surface area contributed by atoms with E-state index < -0.39 is 6.09 Å². The smallest absolute Gasteiger partial charge is 0.409 e. The standard InChI is InChI=1S/C19H24N2O5/c1-13-17(12-24-19(22)21(2)3)18(26-20-13)14-4-6-15(7-5-14)25-16-8-10-23-11-9-16/h4-7,16H,8-12H2,1-3H3. The zero-order valence-electron chi connectivity index (χ0n) is 15.4. The average Bonchev–Trinajstić information content (AvgIpc) is 3.01. The van der Waals surface area contributed by atoms with Gasteiger partial charge in [-0.3, -0.25) is 0 Å². The molecule has 2 heterocycles. The van der Waals surface area contributed by atoms with Gasteiger partial charge in [-0.2, -0.15) is 0 Å². The predicted molar refractivity (Wildman–Crippen MR) is 95.0 cm³/mol. The number of carbonyl (C=O) groups excluding carboxylic acids is 1. The molecule has 2 aromatic rings. The highest BCUT2D eigenvalue weighted by Crippen LogP contribution is 2.29. The van der Waals surface area contributed by atoms with Crippen LogP contribution in [0.4, 0.5) is 4.79 Å². The first kappa shape index (κ1) is 18.3. The van der Waals surface area contributed by atoms with Crippen molar-refractivity contribution in [1.82, 2.24) is 10.1 Å². The maximum Gasteiger partial charge on any atom is 0.409 e. The number of carbonyl (C=O) groups is 1. The van der Waals surface area contributed by atoms with Crippen LogP contribution < -0.4 is 4.74 Å².